The molecule has 154 valence electrons. The first-order valence-electron chi connectivity index (χ1n) is 10.6. The van der Waals surface area contributed by atoms with Gasteiger partial charge >= 0.3 is 0 Å². The van der Waals surface area contributed by atoms with Gasteiger partial charge in [0.25, 0.3) is 0 Å². The normalized spacial score (nSPS) is 18.8. The number of carbonyl (C=O) groups excluding carboxylic acids is 1. The Kier molecular flexibility index (Phi) is 6.65. The van der Waals surface area contributed by atoms with E-state index in [4.69, 9.17) is 4.74 Å². The number of carbonyl (C=O) groups is 1. The van der Waals surface area contributed by atoms with E-state index in [0.29, 0.717) is 18.9 Å². The van der Waals surface area contributed by atoms with E-state index in [1.807, 2.05) is 17.8 Å². The maximum absolute atomic E-state index is 12.6. The Bertz CT molecular complexity index is 831. The fourth-order valence-electron chi connectivity index (χ4n) is 4.37. The van der Waals surface area contributed by atoms with Crippen molar-refractivity contribution < 1.29 is 9.53 Å². The van der Waals surface area contributed by atoms with Crippen molar-refractivity contribution in [2.45, 2.75) is 38.1 Å². The Morgan fingerprint density at radius 1 is 1.17 bits per heavy atom. The predicted molar refractivity (Wildman–Crippen MR) is 121 cm³/mol. The molecule has 1 unspecified atom stereocenters. The number of hydrogen-bond acceptors (Lipinski definition) is 4. The van der Waals surface area contributed by atoms with Crippen molar-refractivity contribution in [3.8, 4) is 5.75 Å². The standard InChI is InChI=1S/C24H30N2O2S/c1-28-22-9-10-23-19(15-22)3-2-4-20(23)16-24(27)25-17-18-5-7-21(8-6-18)26-11-13-29-14-12-26/h5-10,15,20H,2-4,11-14,16-17H2,1H3,(H,25,27). The molecule has 4 rings (SSSR count). The maximum Gasteiger partial charge on any atom is 0.220 e. The van der Waals surface area contributed by atoms with E-state index in [-0.39, 0.29) is 5.91 Å². The molecule has 0 aromatic heterocycles. The van der Waals surface area contributed by atoms with E-state index >= 15 is 0 Å². The maximum atomic E-state index is 12.6. The third-order valence-corrected chi connectivity index (χ3v) is 6.97. The molecule has 1 N–H and O–H groups in total. The Morgan fingerprint density at radius 2 is 1.97 bits per heavy atom. The lowest BCUT2D eigenvalue weighted by Crippen LogP contribution is -2.32. The molecule has 2 aromatic carbocycles. The zero-order chi connectivity index (χ0) is 20.1. The van der Waals surface area contributed by atoms with Crippen molar-refractivity contribution in [2.24, 2.45) is 0 Å². The molecule has 1 amide bonds. The molecule has 1 aliphatic heterocycles. The van der Waals surface area contributed by atoms with Crippen LogP contribution in [0.1, 0.15) is 41.9 Å². The Hall–Kier alpha value is -2.14. The van der Waals surface area contributed by atoms with E-state index < -0.39 is 0 Å². The molecule has 1 heterocycles. The van der Waals surface area contributed by atoms with E-state index in [1.165, 1.54) is 28.3 Å². The second-order valence-electron chi connectivity index (χ2n) is 7.90. The van der Waals surface area contributed by atoms with Crippen LogP contribution in [0.4, 0.5) is 5.69 Å². The van der Waals surface area contributed by atoms with Gasteiger partial charge in [-0.25, -0.2) is 0 Å². The molecule has 29 heavy (non-hydrogen) atoms. The lowest BCUT2D eigenvalue weighted by atomic mass is 9.81. The van der Waals surface area contributed by atoms with Gasteiger partial charge in [0.2, 0.25) is 5.91 Å². The van der Waals surface area contributed by atoms with Gasteiger partial charge in [-0.3, -0.25) is 4.79 Å². The number of rotatable bonds is 6. The van der Waals surface area contributed by atoms with Gasteiger partial charge in [-0.2, -0.15) is 11.8 Å². The van der Waals surface area contributed by atoms with Gasteiger partial charge in [0.05, 0.1) is 7.11 Å². The van der Waals surface area contributed by atoms with Gasteiger partial charge in [-0.05, 0) is 66.1 Å². The summed E-state index contributed by atoms with van der Waals surface area (Å²) in [5, 5.41) is 3.12. The minimum Gasteiger partial charge on any atom is -0.497 e. The topological polar surface area (TPSA) is 41.6 Å². The minimum atomic E-state index is 0.135. The van der Waals surface area contributed by atoms with Crippen molar-refractivity contribution in [3.63, 3.8) is 0 Å². The summed E-state index contributed by atoms with van der Waals surface area (Å²) in [6.07, 6.45) is 3.85. The third kappa shape index (κ3) is 5.08. The van der Waals surface area contributed by atoms with Crippen LogP contribution < -0.4 is 15.0 Å². The summed E-state index contributed by atoms with van der Waals surface area (Å²) in [5.74, 6) is 3.75. The van der Waals surface area contributed by atoms with Crippen LogP contribution in [0, 0.1) is 0 Å². The van der Waals surface area contributed by atoms with Crippen LogP contribution in [0.25, 0.3) is 0 Å². The number of fused-ring (bicyclic) bond motifs is 1. The first-order valence-corrected chi connectivity index (χ1v) is 11.7. The molecule has 0 saturated carbocycles. The first kappa shape index (κ1) is 20.1. The van der Waals surface area contributed by atoms with E-state index in [9.17, 15) is 4.79 Å². The van der Waals surface area contributed by atoms with Crippen LogP contribution in [-0.2, 0) is 17.8 Å². The summed E-state index contributed by atoms with van der Waals surface area (Å²) >= 11 is 2.02. The fraction of sp³-hybridized carbons (Fsp3) is 0.458. The van der Waals surface area contributed by atoms with Gasteiger partial charge in [0.15, 0.2) is 0 Å². The predicted octanol–water partition coefficient (Wildman–Crippen LogP) is 4.37. The van der Waals surface area contributed by atoms with E-state index in [0.717, 1.165) is 43.7 Å². The number of nitrogens with one attached hydrogen (secondary N) is 1. The molecule has 2 aromatic rings. The van der Waals surface area contributed by atoms with Crippen LogP contribution in [0.5, 0.6) is 5.75 Å². The summed E-state index contributed by atoms with van der Waals surface area (Å²) in [6.45, 7) is 2.84. The zero-order valence-electron chi connectivity index (χ0n) is 17.2. The molecular formula is C24H30N2O2S. The average Bonchev–Trinajstić information content (AvgIpc) is 2.78. The largest absolute Gasteiger partial charge is 0.497 e. The van der Waals surface area contributed by atoms with Crippen LogP contribution >= 0.6 is 11.8 Å². The molecule has 0 bridgehead atoms. The quantitative estimate of drug-likeness (QED) is 0.768. The van der Waals surface area contributed by atoms with E-state index in [2.05, 4.69) is 46.6 Å². The average molecular weight is 411 g/mol. The summed E-state index contributed by atoms with van der Waals surface area (Å²) < 4.78 is 5.35. The minimum absolute atomic E-state index is 0.135. The molecule has 0 radical (unpaired) electrons. The number of ether oxygens (including phenoxy) is 1. The third-order valence-electron chi connectivity index (χ3n) is 6.02. The summed E-state index contributed by atoms with van der Waals surface area (Å²) in [4.78, 5) is 15.0. The SMILES string of the molecule is COc1ccc2c(c1)CCCC2CC(=O)NCc1ccc(N2CCSCC2)cc1. The molecule has 0 spiro atoms. The lowest BCUT2D eigenvalue weighted by molar-refractivity contribution is -0.121. The molecular weight excluding hydrogens is 380 g/mol. The van der Waals surface area contributed by atoms with E-state index in [1.54, 1.807) is 7.11 Å². The molecule has 2 aliphatic rings. The number of methoxy groups -OCH3 is 1. The fourth-order valence-corrected chi connectivity index (χ4v) is 5.28. The second-order valence-corrected chi connectivity index (χ2v) is 9.13. The number of aryl methyl sites for hydroxylation is 1. The summed E-state index contributed by atoms with van der Waals surface area (Å²) in [7, 11) is 1.70. The van der Waals surface area contributed by atoms with Crippen LogP contribution in [-0.4, -0.2) is 37.6 Å². The van der Waals surface area contributed by atoms with Crippen LogP contribution in [0.15, 0.2) is 42.5 Å². The zero-order valence-corrected chi connectivity index (χ0v) is 18.0. The van der Waals surface area contributed by atoms with Gasteiger partial charge in [-0.1, -0.05) is 18.2 Å². The summed E-state index contributed by atoms with van der Waals surface area (Å²) in [6, 6.07) is 14.9. The lowest BCUT2D eigenvalue weighted by Gasteiger charge is -2.28. The molecule has 5 heteroatoms. The number of anilines is 1. The Morgan fingerprint density at radius 3 is 2.72 bits per heavy atom. The molecule has 1 aliphatic carbocycles. The van der Waals surface area contributed by atoms with Gasteiger partial charge in [0.1, 0.15) is 5.75 Å². The molecule has 1 saturated heterocycles. The number of nitrogens with zero attached hydrogens (tertiary/aromatic N) is 1. The van der Waals surface area contributed by atoms with Gasteiger partial charge in [0, 0.05) is 43.2 Å². The van der Waals surface area contributed by atoms with Gasteiger partial charge < -0.3 is 15.0 Å². The van der Waals surface area contributed by atoms with Crippen molar-refractivity contribution in [3.05, 3.63) is 59.2 Å². The van der Waals surface area contributed by atoms with Crippen molar-refractivity contribution >= 4 is 23.4 Å². The van der Waals surface area contributed by atoms with Crippen molar-refractivity contribution in [2.75, 3.05) is 36.6 Å². The number of benzene rings is 2. The Balaban J connectivity index is 1.30. The Labute approximate surface area is 178 Å². The molecule has 1 fully saturated rings. The smallest absolute Gasteiger partial charge is 0.220 e. The summed E-state index contributed by atoms with van der Waals surface area (Å²) in [5.41, 5.74) is 5.09. The highest BCUT2D eigenvalue weighted by Gasteiger charge is 2.23. The number of amides is 1. The molecule has 4 nitrogen and oxygen atoms in total. The number of thioether (sulfide) groups is 1. The highest BCUT2D eigenvalue weighted by atomic mass is 32.2. The van der Waals surface area contributed by atoms with Crippen LogP contribution in [0.3, 0.4) is 0 Å². The number of hydrogen-bond donors (Lipinski definition) is 1. The van der Waals surface area contributed by atoms with Gasteiger partial charge in [-0.15, -0.1) is 0 Å². The van der Waals surface area contributed by atoms with Crippen molar-refractivity contribution in [1.29, 1.82) is 0 Å². The van der Waals surface area contributed by atoms with Crippen LogP contribution in [0.2, 0.25) is 0 Å². The highest BCUT2D eigenvalue weighted by molar-refractivity contribution is 7.99. The second kappa shape index (κ2) is 9.57. The highest BCUT2D eigenvalue weighted by Crippen LogP contribution is 2.35. The first-order chi connectivity index (χ1) is 14.2. The molecule has 1 atom stereocenters. The monoisotopic (exact) mass is 410 g/mol. The van der Waals surface area contributed by atoms with Crippen molar-refractivity contribution in [1.82, 2.24) is 5.32 Å².